The minimum Gasteiger partial charge on any atom is -0.391 e. The Morgan fingerprint density at radius 1 is 1.59 bits per heavy atom. The number of nitrogens with zero attached hydrogens (tertiary/aromatic N) is 2. The summed E-state index contributed by atoms with van der Waals surface area (Å²) in [4.78, 5) is 14.0. The molecule has 1 saturated heterocycles. The molecule has 1 aromatic rings. The summed E-state index contributed by atoms with van der Waals surface area (Å²) >= 11 is 0. The Bertz CT molecular complexity index is 425. The molecule has 1 aliphatic heterocycles. The van der Waals surface area contributed by atoms with Crippen LogP contribution in [-0.2, 0) is 0 Å². The molecule has 1 amide bonds. The summed E-state index contributed by atoms with van der Waals surface area (Å²) in [5.41, 5.74) is 1.19. The van der Waals surface area contributed by atoms with E-state index in [1.54, 1.807) is 11.8 Å². The van der Waals surface area contributed by atoms with E-state index in [9.17, 15) is 9.90 Å². The Hall–Kier alpha value is -1.36. The second-order valence-corrected chi connectivity index (χ2v) is 4.86. The first-order valence-electron chi connectivity index (χ1n) is 5.94. The lowest BCUT2D eigenvalue weighted by molar-refractivity contribution is 0.0761. The first-order chi connectivity index (χ1) is 8.00. The molecule has 94 valence electrons. The van der Waals surface area contributed by atoms with Crippen LogP contribution in [0.25, 0.3) is 0 Å². The summed E-state index contributed by atoms with van der Waals surface area (Å²) in [6, 6.07) is 0. The molecule has 1 fully saturated rings. The minimum atomic E-state index is -0.401. The van der Waals surface area contributed by atoms with Gasteiger partial charge in [0.05, 0.1) is 11.8 Å². The summed E-state index contributed by atoms with van der Waals surface area (Å²) in [6.45, 7) is 6.71. The molecular weight excluding hydrogens is 220 g/mol. The number of aromatic nitrogens is 1. The fourth-order valence-corrected chi connectivity index (χ4v) is 2.13. The van der Waals surface area contributed by atoms with Crippen LogP contribution >= 0.6 is 0 Å². The zero-order valence-corrected chi connectivity index (χ0v) is 10.4. The van der Waals surface area contributed by atoms with Gasteiger partial charge >= 0.3 is 0 Å². The number of aliphatic hydroxyl groups excluding tert-OH is 1. The second-order valence-electron chi connectivity index (χ2n) is 4.86. The highest BCUT2D eigenvalue weighted by Gasteiger charge is 2.30. The van der Waals surface area contributed by atoms with Gasteiger partial charge in [-0.15, -0.1) is 0 Å². The van der Waals surface area contributed by atoms with Crippen molar-refractivity contribution < 1.29 is 14.4 Å². The lowest BCUT2D eigenvalue weighted by atomic mass is 10.0. The predicted octanol–water partition coefficient (Wildman–Crippen LogP) is 1.31. The van der Waals surface area contributed by atoms with Crippen LogP contribution in [0.3, 0.4) is 0 Å². The average Bonchev–Trinajstić information content (AvgIpc) is 2.83. The standard InChI is InChI=1S/C12H18N2O3/c1-7(2)11-10(8(3)13-17-11)12(16)14-5-4-9(15)6-14/h7,9,15H,4-6H2,1-3H3. The first kappa shape index (κ1) is 12.1. The number of hydrogen-bond acceptors (Lipinski definition) is 4. The molecular formula is C12H18N2O3. The van der Waals surface area contributed by atoms with E-state index in [-0.39, 0.29) is 11.8 Å². The Balaban J connectivity index is 2.27. The molecule has 0 spiro atoms. The number of β-amino-alcohol motifs (C(OH)–C–C–N with tert-alkyl or cyclic N) is 1. The normalized spacial score (nSPS) is 20.3. The Kier molecular flexibility index (Phi) is 3.19. The third kappa shape index (κ3) is 2.20. The van der Waals surface area contributed by atoms with Crippen LogP contribution < -0.4 is 0 Å². The van der Waals surface area contributed by atoms with Gasteiger partial charge in [-0.3, -0.25) is 4.79 Å². The van der Waals surface area contributed by atoms with Gasteiger partial charge in [-0.1, -0.05) is 19.0 Å². The van der Waals surface area contributed by atoms with E-state index < -0.39 is 6.10 Å². The zero-order chi connectivity index (χ0) is 12.6. The van der Waals surface area contributed by atoms with Crippen LogP contribution in [0.4, 0.5) is 0 Å². The molecule has 2 rings (SSSR count). The lowest BCUT2D eigenvalue weighted by Crippen LogP contribution is -2.30. The molecule has 1 unspecified atom stereocenters. The van der Waals surface area contributed by atoms with Crippen molar-refractivity contribution in [1.29, 1.82) is 0 Å². The van der Waals surface area contributed by atoms with Crippen LogP contribution in [0, 0.1) is 6.92 Å². The first-order valence-corrected chi connectivity index (χ1v) is 5.94. The van der Waals surface area contributed by atoms with Gasteiger partial charge in [0.2, 0.25) is 0 Å². The lowest BCUT2D eigenvalue weighted by Gasteiger charge is -2.16. The number of aryl methyl sites for hydroxylation is 1. The van der Waals surface area contributed by atoms with E-state index >= 15 is 0 Å². The van der Waals surface area contributed by atoms with Crippen molar-refractivity contribution in [1.82, 2.24) is 10.1 Å². The summed E-state index contributed by atoms with van der Waals surface area (Å²) in [5, 5.41) is 13.3. The monoisotopic (exact) mass is 238 g/mol. The molecule has 1 aliphatic rings. The number of rotatable bonds is 2. The molecule has 0 aromatic carbocycles. The highest BCUT2D eigenvalue weighted by molar-refractivity contribution is 5.96. The van der Waals surface area contributed by atoms with Gasteiger partial charge < -0.3 is 14.5 Å². The fraction of sp³-hybridized carbons (Fsp3) is 0.667. The number of aliphatic hydroxyl groups is 1. The van der Waals surface area contributed by atoms with Gasteiger partial charge in [-0.25, -0.2) is 0 Å². The Morgan fingerprint density at radius 3 is 2.82 bits per heavy atom. The Morgan fingerprint density at radius 2 is 2.29 bits per heavy atom. The molecule has 0 saturated carbocycles. The minimum absolute atomic E-state index is 0.0796. The maximum atomic E-state index is 12.3. The third-order valence-corrected chi connectivity index (χ3v) is 3.08. The number of carbonyl (C=O) groups is 1. The van der Waals surface area contributed by atoms with E-state index in [1.807, 2.05) is 13.8 Å². The fourth-order valence-electron chi connectivity index (χ4n) is 2.13. The summed E-state index contributed by atoms with van der Waals surface area (Å²) in [6.07, 6.45) is 0.245. The molecule has 2 heterocycles. The van der Waals surface area contributed by atoms with E-state index in [1.165, 1.54) is 0 Å². The third-order valence-electron chi connectivity index (χ3n) is 3.08. The molecule has 1 atom stereocenters. The van der Waals surface area contributed by atoms with Crippen molar-refractivity contribution in [3.63, 3.8) is 0 Å². The van der Waals surface area contributed by atoms with Crippen molar-refractivity contribution in [3.8, 4) is 0 Å². The molecule has 0 radical (unpaired) electrons. The topological polar surface area (TPSA) is 66.6 Å². The van der Waals surface area contributed by atoms with Gasteiger partial charge in [0.15, 0.2) is 5.76 Å². The van der Waals surface area contributed by atoms with E-state index in [0.717, 1.165) is 0 Å². The summed E-state index contributed by atoms with van der Waals surface area (Å²) < 4.78 is 5.20. The molecule has 0 bridgehead atoms. The molecule has 17 heavy (non-hydrogen) atoms. The van der Waals surface area contributed by atoms with E-state index in [2.05, 4.69) is 5.16 Å². The van der Waals surface area contributed by atoms with Gasteiger partial charge in [0, 0.05) is 19.0 Å². The smallest absolute Gasteiger partial charge is 0.259 e. The average molecular weight is 238 g/mol. The van der Waals surface area contributed by atoms with Crippen molar-refractivity contribution in [3.05, 3.63) is 17.0 Å². The molecule has 5 heteroatoms. The van der Waals surface area contributed by atoms with E-state index in [0.29, 0.717) is 36.5 Å². The molecule has 0 aliphatic carbocycles. The number of amides is 1. The highest BCUT2D eigenvalue weighted by Crippen LogP contribution is 2.25. The van der Waals surface area contributed by atoms with Gasteiger partial charge in [0.25, 0.3) is 5.91 Å². The van der Waals surface area contributed by atoms with Crippen molar-refractivity contribution in [2.24, 2.45) is 0 Å². The van der Waals surface area contributed by atoms with Crippen molar-refractivity contribution in [2.45, 2.75) is 39.2 Å². The molecule has 1 N–H and O–H groups in total. The summed E-state index contributed by atoms with van der Waals surface area (Å²) in [5.74, 6) is 0.681. The van der Waals surface area contributed by atoms with Crippen LogP contribution in [-0.4, -0.2) is 40.3 Å². The predicted molar refractivity (Wildman–Crippen MR) is 61.9 cm³/mol. The van der Waals surface area contributed by atoms with Crippen LogP contribution in [0.1, 0.15) is 48.0 Å². The zero-order valence-electron chi connectivity index (χ0n) is 10.4. The Labute approximate surface area is 100 Å². The van der Waals surface area contributed by atoms with Gasteiger partial charge in [-0.05, 0) is 13.3 Å². The van der Waals surface area contributed by atoms with Crippen LogP contribution in [0.5, 0.6) is 0 Å². The maximum Gasteiger partial charge on any atom is 0.259 e. The second kappa shape index (κ2) is 4.49. The van der Waals surface area contributed by atoms with Gasteiger partial charge in [0.1, 0.15) is 5.56 Å². The SMILES string of the molecule is Cc1noc(C(C)C)c1C(=O)N1CCC(O)C1. The molecule has 5 nitrogen and oxygen atoms in total. The summed E-state index contributed by atoms with van der Waals surface area (Å²) in [7, 11) is 0. The number of likely N-dealkylation sites (tertiary alicyclic amines) is 1. The van der Waals surface area contributed by atoms with Crippen LogP contribution in [0.15, 0.2) is 4.52 Å². The largest absolute Gasteiger partial charge is 0.391 e. The van der Waals surface area contributed by atoms with Crippen LogP contribution in [0.2, 0.25) is 0 Å². The van der Waals surface area contributed by atoms with Crippen molar-refractivity contribution in [2.75, 3.05) is 13.1 Å². The van der Waals surface area contributed by atoms with Gasteiger partial charge in [-0.2, -0.15) is 0 Å². The maximum absolute atomic E-state index is 12.3. The quantitative estimate of drug-likeness (QED) is 0.843. The number of carbonyl (C=O) groups excluding carboxylic acids is 1. The van der Waals surface area contributed by atoms with Crippen molar-refractivity contribution >= 4 is 5.91 Å². The highest BCUT2D eigenvalue weighted by atomic mass is 16.5. The number of hydrogen-bond donors (Lipinski definition) is 1. The molecule has 1 aromatic heterocycles. The van der Waals surface area contributed by atoms with E-state index in [4.69, 9.17) is 4.52 Å².